The molecule has 1 fully saturated rings. The average Bonchev–Trinajstić information content (AvgIpc) is 3.23. The number of hydrogen-bond acceptors (Lipinski definition) is 6. The van der Waals surface area contributed by atoms with Crippen LogP contribution in [0.1, 0.15) is 21.8 Å². The van der Waals surface area contributed by atoms with E-state index in [2.05, 4.69) is 9.97 Å². The summed E-state index contributed by atoms with van der Waals surface area (Å²) in [6.45, 7) is 0.709. The molecule has 3 aromatic rings. The number of esters is 1. The molecule has 0 spiro atoms. The number of fused-ring (bicyclic) bond motifs is 1. The van der Waals surface area contributed by atoms with Crippen LogP contribution in [0.5, 0.6) is 5.75 Å². The Morgan fingerprint density at radius 1 is 1.00 bits per heavy atom. The number of rotatable bonds is 4. The molecule has 1 amide bonds. The van der Waals surface area contributed by atoms with Crippen LogP contribution in [0.4, 0.5) is 0 Å². The fourth-order valence-corrected chi connectivity index (χ4v) is 3.88. The molecule has 29 heavy (non-hydrogen) atoms. The fraction of sp³-hybridized carbons (Fsp3) is 0.273. The quantitative estimate of drug-likeness (QED) is 0.636. The molecule has 1 aliphatic heterocycles. The fourth-order valence-electron chi connectivity index (χ4n) is 3.88. The smallest absolute Gasteiger partial charge is 0.311 e. The molecule has 2 aromatic carbocycles. The van der Waals surface area contributed by atoms with Crippen molar-refractivity contribution in [3.8, 4) is 5.75 Å². The van der Waals surface area contributed by atoms with Crippen LogP contribution in [0.2, 0.25) is 0 Å². The molecule has 1 aliphatic rings. The third-order valence-corrected chi connectivity index (χ3v) is 5.38. The van der Waals surface area contributed by atoms with Crippen molar-refractivity contribution in [3.05, 3.63) is 66.0 Å². The third kappa shape index (κ3) is 3.51. The third-order valence-electron chi connectivity index (χ3n) is 5.38. The highest BCUT2D eigenvalue weighted by Gasteiger charge is 2.41. The Morgan fingerprint density at radius 3 is 2.48 bits per heavy atom. The summed E-state index contributed by atoms with van der Waals surface area (Å²) in [6, 6.07) is 12.9. The van der Waals surface area contributed by atoms with Gasteiger partial charge in [0.1, 0.15) is 11.3 Å². The summed E-state index contributed by atoms with van der Waals surface area (Å²) >= 11 is 0. The molecule has 0 unspecified atom stereocenters. The molecule has 148 valence electrons. The zero-order valence-electron chi connectivity index (χ0n) is 16.2. The Kier molecular flexibility index (Phi) is 5.12. The van der Waals surface area contributed by atoms with Crippen LogP contribution in [0.25, 0.3) is 11.0 Å². The molecule has 0 bridgehead atoms. The molecular formula is C22H21N3O4. The lowest BCUT2D eigenvalue weighted by molar-refractivity contribution is -0.145. The van der Waals surface area contributed by atoms with Crippen LogP contribution in [0.3, 0.4) is 0 Å². The van der Waals surface area contributed by atoms with E-state index >= 15 is 0 Å². The maximum Gasteiger partial charge on any atom is 0.311 e. The molecule has 7 heteroatoms. The van der Waals surface area contributed by atoms with Gasteiger partial charge in [-0.25, -0.2) is 0 Å². The van der Waals surface area contributed by atoms with Gasteiger partial charge in [-0.3, -0.25) is 19.6 Å². The van der Waals surface area contributed by atoms with Crippen molar-refractivity contribution in [2.75, 3.05) is 27.3 Å². The van der Waals surface area contributed by atoms with Gasteiger partial charge < -0.3 is 14.4 Å². The van der Waals surface area contributed by atoms with Crippen molar-refractivity contribution < 1.29 is 19.1 Å². The number of benzene rings is 2. The molecule has 0 saturated carbocycles. The van der Waals surface area contributed by atoms with Crippen LogP contribution in [-0.2, 0) is 9.53 Å². The molecule has 1 saturated heterocycles. The Bertz CT molecular complexity index is 1050. The van der Waals surface area contributed by atoms with E-state index < -0.39 is 5.92 Å². The van der Waals surface area contributed by atoms with Gasteiger partial charge in [0.05, 0.1) is 31.2 Å². The Labute approximate surface area is 168 Å². The summed E-state index contributed by atoms with van der Waals surface area (Å²) in [7, 11) is 2.98. The summed E-state index contributed by atoms with van der Waals surface area (Å²) in [5.41, 5.74) is 2.67. The minimum atomic E-state index is -0.432. The van der Waals surface area contributed by atoms with E-state index in [0.29, 0.717) is 29.7 Å². The molecule has 4 rings (SSSR count). The second kappa shape index (κ2) is 7.87. The van der Waals surface area contributed by atoms with Crippen molar-refractivity contribution in [1.29, 1.82) is 0 Å². The number of aromatic nitrogens is 2. The lowest BCUT2D eigenvalue weighted by Gasteiger charge is -2.17. The van der Waals surface area contributed by atoms with Crippen molar-refractivity contribution in [3.63, 3.8) is 0 Å². The van der Waals surface area contributed by atoms with Gasteiger partial charge in [-0.15, -0.1) is 0 Å². The standard InChI is InChI=1S/C22H21N3O4/c1-28-15-8-6-14(7-9-15)17-12-25(13-18(17)22(27)29-2)21(26)16-4-3-5-19-20(16)24-11-10-23-19/h3-11,17-18H,12-13H2,1-2H3/t17-,18+/m0/s1. The van der Waals surface area contributed by atoms with E-state index in [1.165, 1.54) is 7.11 Å². The minimum absolute atomic E-state index is 0.154. The molecule has 0 N–H and O–H groups in total. The normalized spacial score (nSPS) is 18.6. The van der Waals surface area contributed by atoms with Crippen molar-refractivity contribution in [1.82, 2.24) is 14.9 Å². The molecular weight excluding hydrogens is 370 g/mol. The number of nitrogens with zero attached hydrogens (tertiary/aromatic N) is 3. The first-order valence-corrected chi connectivity index (χ1v) is 9.33. The van der Waals surface area contributed by atoms with Crippen LogP contribution < -0.4 is 4.74 Å². The SMILES string of the molecule is COC(=O)[C@@H]1CN(C(=O)c2cccc3nccnc23)C[C@H]1c1ccc(OC)cc1. The molecule has 2 atom stereocenters. The van der Waals surface area contributed by atoms with Gasteiger partial charge in [-0.1, -0.05) is 18.2 Å². The Balaban J connectivity index is 1.66. The lowest BCUT2D eigenvalue weighted by Crippen LogP contribution is -2.30. The zero-order valence-corrected chi connectivity index (χ0v) is 16.2. The van der Waals surface area contributed by atoms with Crippen molar-refractivity contribution in [2.24, 2.45) is 5.92 Å². The molecule has 0 radical (unpaired) electrons. The summed E-state index contributed by atoms with van der Waals surface area (Å²) in [5, 5.41) is 0. The van der Waals surface area contributed by atoms with Gasteiger partial charge in [0.2, 0.25) is 0 Å². The van der Waals surface area contributed by atoms with E-state index in [-0.39, 0.29) is 17.8 Å². The second-order valence-electron chi connectivity index (χ2n) is 6.95. The summed E-state index contributed by atoms with van der Waals surface area (Å²) in [6.07, 6.45) is 3.17. The zero-order chi connectivity index (χ0) is 20.4. The van der Waals surface area contributed by atoms with Crippen LogP contribution in [0.15, 0.2) is 54.9 Å². The van der Waals surface area contributed by atoms with Crippen molar-refractivity contribution in [2.45, 2.75) is 5.92 Å². The first-order chi connectivity index (χ1) is 14.1. The number of likely N-dealkylation sites (tertiary alicyclic amines) is 1. The van der Waals surface area contributed by atoms with Crippen molar-refractivity contribution >= 4 is 22.9 Å². The molecule has 7 nitrogen and oxygen atoms in total. The first kappa shape index (κ1) is 18.9. The first-order valence-electron chi connectivity index (χ1n) is 9.33. The number of para-hydroxylation sites is 1. The number of carbonyl (C=O) groups is 2. The lowest BCUT2D eigenvalue weighted by atomic mass is 9.89. The van der Waals surface area contributed by atoms with Gasteiger partial charge in [0.25, 0.3) is 5.91 Å². The predicted molar refractivity (Wildman–Crippen MR) is 107 cm³/mol. The van der Waals surface area contributed by atoms with E-state index in [4.69, 9.17) is 9.47 Å². The maximum absolute atomic E-state index is 13.3. The number of carbonyl (C=O) groups excluding carboxylic acids is 2. The van der Waals surface area contributed by atoms with Gasteiger partial charge in [-0.05, 0) is 29.8 Å². The van der Waals surface area contributed by atoms with E-state index in [9.17, 15) is 9.59 Å². The van der Waals surface area contributed by atoms with Gasteiger partial charge in [0, 0.05) is 31.4 Å². The van der Waals surface area contributed by atoms with Gasteiger partial charge in [-0.2, -0.15) is 0 Å². The largest absolute Gasteiger partial charge is 0.497 e. The Hall–Kier alpha value is -3.48. The van der Waals surface area contributed by atoms with Gasteiger partial charge in [0.15, 0.2) is 0 Å². The molecule has 0 aliphatic carbocycles. The monoisotopic (exact) mass is 391 g/mol. The van der Waals surface area contributed by atoms with Gasteiger partial charge >= 0.3 is 5.97 Å². The van der Waals surface area contributed by atoms with Crippen LogP contribution in [0, 0.1) is 5.92 Å². The van der Waals surface area contributed by atoms with E-state index in [0.717, 1.165) is 11.3 Å². The summed E-state index contributed by atoms with van der Waals surface area (Å²) in [5.74, 6) is -0.333. The van der Waals surface area contributed by atoms with E-state index in [1.807, 2.05) is 30.3 Å². The minimum Gasteiger partial charge on any atom is -0.497 e. The summed E-state index contributed by atoms with van der Waals surface area (Å²) < 4.78 is 10.2. The Morgan fingerprint density at radius 2 is 1.76 bits per heavy atom. The number of ether oxygens (including phenoxy) is 2. The molecule has 1 aromatic heterocycles. The average molecular weight is 391 g/mol. The predicted octanol–water partition coefficient (Wildman–Crippen LogP) is 2.67. The number of hydrogen-bond donors (Lipinski definition) is 0. The molecule has 2 heterocycles. The number of amides is 1. The second-order valence-corrected chi connectivity index (χ2v) is 6.95. The highest BCUT2D eigenvalue weighted by Crippen LogP contribution is 2.35. The summed E-state index contributed by atoms with van der Waals surface area (Å²) in [4.78, 5) is 36.0. The highest BCUT2D eigenvalue weighted by molar-refractivity contribution is 6.05. The van der Waals surface area contributed by atoms with Crippen LogP contribution in [-0.4, -0.2) is 54.1 Å². The topological polar surface area (TPSA) is 81.6 Å². The van der Waals surface area contributed by atoms with E-state index in [1.54, 1.807) is 36.5 Å². The van der Waals surface area contributed by atoms with Crippen LogP contribution >= 0.6 is 0 Å². The maximum atomic E-state index is 13.3. The highest BCUT2D eigenvalue weighted by atomic mass is 16.5. The number of methoxy groups -OCH3 is 2.